The molecule has 1 aliphatic heterocycles. The molecule has 1 amide bonds. The number of amides is 1. The summed E-state index contributed by atoms with van der Waals surface area (Å²) >= 11 is 0. The van der Waals surface area contributed by atoms with Crippen molar-refractivity contribution in [1.82, 2.24) is 19.7 Å². The number of rotatable bonds is 10. The Hall–Kier alpha value is -4.22. The highest BCUT2D eigenvalue weighted by molar-refractivity contribution is 5.92. The summed E-state index contributed by atoms with van der Waals surface area (Å²) in [5.41, 5.74) is 2.91. The number of benzene rings is 2. The summed E-state index contributed by atoms with van der Waals surface area (Å²) in [6.45, 7) is 4.02. The first-order valence-electron chi connectivity index (χ1n) is 14.4. The van der Waals surface area contributed by atoms with Crippen LogP contribution in [0, 0.1) is 0 Å². The Balaban J connectivity index is 0.00000169. The maximum absolute atomic E-state index is 13.5. The van der Waals surface area contributed by atoms with E-state index in [1.165, 1.54) is 18.2 Å². The molecule has 8 nitrogen and oxygen atoms in total. The minimum atomic E-state index is -4.39. The van der Waals surface area contributed by atoms with Gasteiger partial charge >= 0.3 is 6.18 Å². The zero-order valence-electron chi connectivity index (χ0n) is 25.3. The van der Waals surface area contributed by atoms with E-state index in [1.807, 2.05) is 48.3 Å². The van der Waals surface area contributed by atoms with Crippen LogP contribution >= 0.6 is 0 Å². The number of carboxylic acid groups (broad SMARTS) is 1. The third-order valence-corrected chi connectivity index (χ3v) is 7.53. The number of hydrogen-bond acceptors (Lipinski definition) is 6. The summed E-state index contributed by atoms with van der Waals surface area (Å²) in [4.78, 5) is 34.6. The van der Waals surface area contributed by atoms with Gasteiger partial charge in [-0.15, -0.1) is 0 Å². The highest BCUT2D eigenvalue weighted by atomic mass is 19.4. The van der Waals surface area contributed by atoms with Crippen LogP contribution in [0.3, 0.4) is 0 Å². The molecule has 0 bridgehead atoms. The molecule has 2 aromatic carbocycles. The van der Waals surface area contributed by atoms with E-state index in [1.54, 1.807) is 18.5 Å². The number of aromatic nitrogens is 1. The second-order valence-electron chi connectivity index (χ2n) is 10.8. The van der Waals surface area contributed by atoms with Crippen LogP contribution in [0.2, 0.25) is 0 Å². The summed E-state index contributed by atoms with van der Waals surface area (Å²) < 4.78 is 38.8. The van der Waals surface area contributed by atoms with Gasteiger partial charge in [-0.3, -0.25) is 14.6 Å². The molecule has 1 saturated heterocycles. The lowest BCUT2D eigenvalue weighted by Gasteiger charge is -2.38. The van der Waals surface area contributed by atoms with Crippen molar-refractivity contribution in [2.45, 2.75) is 31.6 Å². The van der Waals surface area contributed by atoms with E-state index in [4.69, 9.17) is 9.90 Å². The number of pyridine rings is 1. The number of carbonyl (C=O) groups excluding carboxylic acids is 1. The predicted octanol–water partition coefficient (Wildman–Crippen LogP) is 5.64. The molecule has 0 saturated carbocycles. The lowest BCUT2D eigenvalue weighted by Crippen LogP contribution is -2.47. The first-order chi connectivity index (χ1) is 21.0. The number of likely N-dealkylation sites (N-methyl/N-ethyl adjacent to an activating group) is 1. The zero-order chi connectivity index (χ0) is 32.1. The molecule has 1 aromatic heterocycles. The molecular weight excluding hydrogens is 571 g/mol. The van der Waals surface area contributed by atoms with E-state index in [2.05, 4.69) is 33.8 Å². The maximum atomic E-state index is 13.5. The van der Waals surface area contributed by atoms with Crippen molar-refractivity contribution in [1.29, 1.82) is 0 Å². The smallest absolute Gasteiger partial charge is 0.416 e. The third kappa shape index (κ3) is 10.5. The van der Waals surface area contributed by atoms with Gasteiger partial charge in [0.15, 0.2) is 0 Å². The number of hydrogen-bond donors (Lipinski definition) is 1. The molecule has 1 fully saturated rings. The molecule has 4 rings (SSSR count). The minimum Gasteiger partial charge on any atom is -0.483 e. The predicted molar refractivity (Wildman–Crippen MR) is 166 cm³/mol. The van der Waals surface area contributed by atoms with Gasteiger partial charge in [0.2, 0.25) is 5.91 Å². The van der Waals surface area contributed by atoms with Gasteiger partial charge in [0.1, 0.15) is 0 Å². The van der Waals surface area contributed by atoms with Crippen molar-refractivity contribution >= 4 is 29.8 Å². The van der Waals surface area contributed by atoms with Crippen LogP contribution < -0.4 is 4.90 Å². The first kappa shape index (κ1) is 34.3. The van der Waals surface area contributed by atoms with E-state index in [0.29, 0.717) is 12.1 Å². The highest BCUT2D eigenvalue weighted by Crippen LogP contribution is 2.29. The van der Waals surface area contributed by atoms with Crippen LogP contribution in [0.15, 0.2) is 79.1 Å². The summed E-state index contributed by atoms with van der Waals surface area (Å²) in [5, 5.41) is 6.89. The topological polar surface area (TPSA) is 80.2 Å². The van der Waals surface area contributed by atoms with E-state index >= 15 is 0 Å². The normalized spacial score (nSPS) is 14.2. The quantitative estimate of drug-likeness (QED) is 0.235. The van der Waals surface area contributed by atoms with Crippen molar-refractivity contribution in [3.8, 4) is 0 Å². The lowest BCUT2D eigenvalue weighted by molar-refractivity contribution is -0.137. The largest absolute Gasteiger partial charge is 0.483 e. The number of piperidine rings is 1. The Morgan fingerprint density at radius 1 is 0.955 bits per heavy atom. The number of carbonyl (C=O) groups is 2. The fourth-order valence-corrected chi connectivity index (χ4v) is 4.97. The zero-order valence-corrected chi connectivity index (χ0v) is 25.3. The van der Waals surface area contributed by atoms with Crippen LogP contribution in [0.1, 0.15) is 29.5 Å². The lowest BCUT2D eigenvalue weighted by atomic mass is 10.0. The molecule has 0 spiro atoms. The fourth-order valence-electron chi connectivity index (χ4n) is 4.97. The SMILES string of the molecule is CN(C)CCN1CCC(N(Cc2ccc(N(C)c3ccncc3)cc2)C(=O)/C=C/c2ccc(C(F)(F)F)cc2)CC1.O=CO. The van der Waals surface area contributed by atoms with E-state index in [-0.39, 0.29) is 18.4 Å². The molecule has 0 unspecified atom stereocenters. The molecule has 1 N–H and O–H groups in total. The van der Waals surface area contributed by atoms with Gasteiger partial charge in [0.05, 0.1) is 5.56 Å². The maximum Gasteiger partial charge on any atom is 0.416 e. The number of alkyl halides is 3. The molecule has 11 heteroatoms. The van der Waals surface area contributed by atoms with Crippen molar-refractivity contribution in [3.05, 3.63) is 95.8 Å². The molecule has 3 aromatic rings. The van der Waals surface area contributed by atoms with Crippen molar-refractivity contribution < 1.29 is 27.9 Å². The van der Waals surface area contributed by atoms with Crippen LogP contribution in [0.5, 0.6) is 0 Å². The Kier molecular flexibility index (Phi) is 12.9. The number of likely N-dealkylation sites (tertiary alicyclic amines) is 1. The van der Waals surface area contributed by atoms with Gasteiger partial charge in [-0.2, -0.15) is 13.2 Å². The number of nitrogens with zero attached hydrogens (tertiary/aromatic N) is 5. The molecule has 1 aliphatic rings. The van der Waals surface area contributed by atoms with Crippen molar-refractivity contribution in [2.24, 2.45) is 0 Å². The molecular formula is C33H40F3N5O3. The summed E-state index contributed by atoms with van der Waals surface area (Å²) in [6.07, 6.45) is 3.94. The van der Waals surface area contributed by atoms with Gasteiger partial charge in [0.25, 0.3) is 6.47 Å². The average molecular weight is 612 g/mol. The first-order valence-corrected chi connectivity index (χ1v) is 14.4. The molecule has 0 radical (unpaired) electrons. The van der Waals surface area contributed by atoms with Crippen LogP contribution in [0.4, 0.5) is 24.5 Å². The second-order valence-corrected chi connectivity index (χ2v) is 10.8. The third-order valence-electron chi connectivity index (χ3n) is 7.53. The molecule has 236 valence electrons. The number of halogens is 3. The summed E-state index contributed by atoms with van der Waals surface area (Å²) in [6, 6.07) is 17.0. The molecule has 0 aliphatic carbocycles. The monoisotopic (exact) mass is 611 g/mol. The Morgan fingerprint density at radius 3 is 2.07 bits per heavy atom. The van der Waals surface area contributed by atoms with Gasteiger partial charge in [-0.1, -0.05) is 24.3 Å². The van der Waals surface area contributed by atoms with Crippen molar-refractivity contribution in [3.63, 3.8) is 0 Å². The Labute approximate surface area is 257 Å². The second kappa shape index (κ2) is 16.6. The highest BCUT2D eigenvalue weighted by Gasteiger charge is 2.30. The molecule has 0 atom stereocenters. The molecule has 44 heavy (non-hydrogen) atoms. The van der Waals surface area contributed by atoms with Crippen LogP contribution in [-0.4, -0.2) is 90.5 Å². The fraction of sp³-hybridized carbons (Fsp3) is 0.364. The Bertz CT molecular complexity index is 1330. The number of anilines is 2. The van der Waals surface area contributed by atoms with Gasteiger partial charge < -0.3 is 24.7 Å². The van der Waals surface area contributed by atoms with Crippen molar-refractivity contribution in [2.75, 3.05) is 52.2 Å². The standard InChI is InChI=1S/C32H38F3N5O.CH2O2/c1-37(2)22-23-39-20-16-30(17-21-39)40(31(41)13-8-25-4-9-27(10-5-25)32(33,34)35)24-26-6-11-28(12-7-26)38(3)29-14-18-36-19-15-29;2-1-3/h4-15,18-19,30H,16-17,20-24H2,1-3H3;1H,(H,2,3)/b13-8+;. The minimum absolute atomic E-state index is 0.0783. The van der Waals surface area contributed by atoms with Crippen LogP contribution in [0.25, 0.3) is 6.08 Å². The summed E-state index contributed by atoms with van der Waals surface area (Å²) in [7, 11) is 6.13. The summed E-state index contributed by atoms with van der Waals surface area (Å²) in [5.74, 6) is -0.144. The average Bonchev–Trinajstić information content (AvgIpc) is 3.02. The Morgan fingerprint density at radius 2 is 1.52 bits per heavy atom. The van der Waals surface area contributed by atoms with E-state index < -0.39 is 11.7 Å². The van der Waals surface area contributed by atoms with E-state index in [9.17, 15) is 18.0 Å². The van der Waals surface area contributed by atoms with Gasteiger partial charge in [0, 0.05) is 75.7 Å². The van der Waals surface area contributed by atoms with Crippen LogP contribution in [-0.2, 0) is 22.3 Å². The van der Waals surface area contributed by atoms with Gasteiger partial charge in [-0.05, 0) is 80.5 Å². The molecule has 2 heterocycles. The van der Waals surface area contributed by atoms with E-state index in [0.717, 1.165) is 68.1 Å². The van der Waals surface area contributed by atoms with Gasteiger partial charge in [-0.25, -0.2) is 0 Å².